The molecule has 1 heterocycles. The molecule has 3 aromatic rings. The minimum atomic E-state index is -3.94. The van der Waals surface area contributed by atoms with Crippen LogP contribution in [0.4, 0.5) is 0 Å². The smallest absolute Gasteiger partial charge is 0.337 e. The molecule has 0 bridgehead atoms. The standard InChI is InChI=1S/C24H25NO6S/c1-30-23(27)18-8-4-6-16(12-18)15-31-24(21-10-5-11-25-21)32(28,29)19-13-17-7-2-3-9-20(17)22(26)14-19/h2-4,6-9,12-14,21,24-26H,5,10-11,15H2,1H3. The van der Waals surface area contributed by atoms with Gasteiger partial charge in [-0.2, -0.15) is 0 Å². The molecule has 3 aromatic carbocycles. The first-order valence-corrected chi connectivity index (χ1v) is 11.9. The summed E-state index contributed by atoms with van der Waals surface area (Å²) in [6, 6.07) is 16.2. The first-order valence-electron chi connectivity index (χ1n) is 10.4. The molecule has 0 aliphatic carbocycles. The largest absolute Gasteiger partial charge is 0.507 e. The van der Waals surface area contributed by atoms with E-state index in [4.69, 9.17) is 9.47 Å². The zero-order valence-corrected chi connectivity index (χ0v) is 18.5. The zero-order valence-electron chi connectivity index (χ0n) is 17.7. The third kappa shape index (κ3) is 4.48. The van der Waals surface area contributed by atoms with Gasteiger partial charge in [0.25, 0.3) is 0 Å². The summed E-state index contributed by atoms with van der Waals surface area (Å²) in [7, 11) is -2.63. The molecule has 2 unspecified atom stereocenters. The van der Waals surface area contributed by atoms with Crippen molar-refractivity contribution >= 4 is 26.6 Å². The van der Waals surface area contributed by atoms with E-state index >= 15 is 0 Å². The van der Waals surface area contributed by atoms with E-state index in [0.29, 0.717) is 34.9 Å². The van der Waals surface area contributed by atoms with Gasteiger partial charge in [-0.15, -0.1) is 0 Å². The van der Waals surface area contributed by atoms with Crippen LogP contribution in [0.25, 0.3) is 10.8 Å². The summed E-state index contributed by atoms with van der Waals surface area (Å²) in [5.41, 5.74) is -0.119. The van der Waals surface area contributed by atoms with Crippen LogP contribution in [-0.4, -0.2) is 44.6 Å². The van der Waals surface area contributed by atoms with Crippen molar-refractivity contribution in [3.63, 3.8) is 0 Å². The van der Waals surface area contributed by atoms with Crippen molar-refractivity contribution in [2.24, 2.45) is 0 Å². The summed E-state index contributed by atoms with van der Waals surface area (Å²) in [5.74, 6) is -0.564. The van der Waals surface area contributed by atoms with E-state index in [2.05, 4.69) is 5.32 Å². The highest BCUT2D eigenvalue weighted by Gasteiger charge is 2.37. The van der Waals surface area contributed by atoms with Crippen LogP contribution in [0.1, 0.15) is 28.8 Å². The van der Waals surface area contributed by atoms with Crippen LogP contribution in [0.15, 0.2) is 65.6 Å². The molecule has 0 aromatic heterocycles. The van der Waals surface area contributed by atoms with Crippen molar-refractivity contribution in [3.8, 4) is 5.75 Å². The predicted molar refractivity (Wildman–Crippen MR) is 120 cm³/mol. The molecule has 7 nitrogen and oxygen atoms in total. The zero-order chi connectivity index (χ0) is 22.7. The van der Waals surface area contributed by atoms with Crippen LogP contribution in [0, 0.1) is 0 Å². The number of carbonyl (C=O) groups is 1. The van der Waals surface area contributed by atoms with Gasteiger partial charge in [0.05, 0.1) is 24.2 Å². The van der Waals surface area contributed by atoms with Gasteiger partial charge in [0.1, 0.15) is 5.75 Å². The minimum Gasteiger partial charge on any atom is -0.507 e. The summed E-state index contributed by atoms with van der Waals surface area (Å²) >= 11 is 0. The SMILES string of the molecule is COC(=O)c1cccc(COC(C2CCCN2)S(=O)(=O)c2cc(O)c3ccccc3c2)c1. The summed E-state index contributed by atoms with van der Waals surface area (Å²) < 4.78 is 37.9. The second-order valence-electron chi connectivity index (χ2n) is 7.78. The number of carbonyl (C=O) groups excluding carboxylic acids is 1. The van der Waals surface area contributed by atoms with Gasteiger partial charge >= 0.3 is 5.97 Å². The third-order valence-corrected chi connectivity index (χ3v) is 7.61. The normalized spacial score (nSPS) is 17.3. The van der Waals surface area contributed by atoms with Gasteiger partial charge in [-0.1, -0.05) is 36.4 Å². The lowest BCUT2D eigenvalue weighted by atomic mass is 10.1. The monoisotopic (exact) mass is 455 g/mol. The molecule has 0 amide bonds. The lowest BCUT2D eigenvalue weighted by molar-refractivity contribution is 0.0598. The second-order valence-corrected chi connectivity index (χ2v) is 9.81. The Labute approximate surface area is 186 Å². The van der Waals surface area contributed by atoms with Crippen LogP contribution in [0.3, 0.4) is 0 Å². The number of fused-ring (bicyclic) bond motifs is 1. The molecule has 1 aliphatic heterocycles. The van der Waals surface area contributed by atoms with E-state index in [1.807, 2.05) is 0 Å². The number of phenols is 1. The molecule has 0 radical (unpaired) electrons. The highest BCUT2D eigenvalue weighted by Crippen LogP contribution is 2.32. The number of rotatable bonds is 7. The summed E-state index contributed by atoms with van der Waals surface area (Å²) in [6.07, 6.45) is 1.51. The first kappa shape index (κ1) is 22.3. The molecular weight excluding hydrogens is 430 g/mol. The maximum atomic E-state index is 13.6. The fourth-order valence-electron chi connectivity index (χ4n) is 4.01. The molecule has 1 saturated heterocycles. The average molecular weight is 456 g/mol. The molecular formula is C24H25NO6S. The van der Waals surface area contributed by atoms with E-state index in [0.717, 1.165) is 6.42 Å². The Balaban J connectivity index is 1.65. The van der Waals surface area contributed by atoms with Crippen molar-refractivity contribution in [1.82, 2.24) is 5.32 Å². The Morgan fingerprint density at radius 1 is 1.16 bits per heavy atom. The van der Waals surface area contributed by atoms with E-state index in [-0.39, 0.29) is 23.3 Å². The molecule has 0 spiro atoms. The number of methoxy groups -OCH3 is 1. The molecule has 8 heteroatoms. The van der Waals surface area contributed by atoms with Crippen LogP contribution in [0.5, 0.6) is 5.75 Å². The third-order valence-electron chi connectivity index (χ3n) is 5.64. The lowest BCUT2D eigenvalue weighted by Gasteiger charge is -2.25. The summed E-state index contributed by atoms with van der Waals surface area (Å²) in [6.45, 7) is 0.716. The number of hydrogen-bond acceptors (Lipinski definition) is 7. The van der Waals surface area contributed by atoms with Gasteiger partial charge in [0, 0.05) is 11.4 Å². The van der Waals surface area contributed by atoms with Crippen LogP contribution in [0.2, 0.25) is 0 Å². The van der Waals surface area contributed by atoms with Gasteiger partial charge in [-0.3, -0.25) is 0 Å². The number of sulfone groups is 1. The van der Waals surface area contributed by atoms with Crippen LogP contribution >= 0.6 is 0 Å². The van der Waals surface area contributed by atoms with Gasteiger partial charge < -0.3 is 19.9 Å². The van der Waals surface area contributed by atoms with Gasteiger partial charge in [0.2, 0.25) is 9.84 Å². The Morgan fingerprint density at radius 2 is 1.97 bits per heavy atom. The van der Waals surface area contributed by atoms with Crippen molar-refractivity contribution in [2.45, 2.75) is 35.8 Å². The summed E-state index contributed by atoms with van der Waals surface area (Å²) in [4.78, 5) is 11.8. The Hall–Kier alpha value is -2.94. The van der Waals surface area contributed by atoms with Crippen molar-refractivity contribution in [1.29, 1.82) is 0 Å². The average Bonchev–Trinajstić information content (AvgIpc) is 3.33. The fourth-order valence-corrected chi connectivity index (χ4v) is 5.76. The Kier molecular flexibility index (Phi) is 6.45. The van der Waals surface area contributed by atoms with Crippen LogP contribution in [-0.2, 0) is 25.9 Å². The highest BCUT2D eigenvalue weighted by molar-refractivity contribution is 7.92. The van der Waals surface area contributed by atoms with Crippen molar-refractivity contribution in [2.75, 3.05) is 13.7 Å². The summed E-state index contributed by atoms with van der Waals surface area (Å²) in [5, 5.41) is 14.9. The minimum absolute atomic E-state index is 0.00642. The topological polar surface area (TPSA) is 102 Å². The van der Waals surface area contributed by atoms with Gasteiger partial charge in [-0.25, -0.2) is 13.2 Å². The molecule has 2 atom stereocenters. The fraction of sp³-hybridized carbons (Fsp3) is 0.292. The molecule has 2 N–H and O–H groups in total. The quantitative estimate of drug-likeness (QED) is 0.527. The number of benzene rings is 3. The van der Waals surface area contributed by atoms with Gasteiger partial charge in [-0.05, 0) is 54.6 Å². The predicted octanol–water partition coefficient (Wildman–Crippen LogP) is 3.40. The van der Waals surface area contributed by atoms with E-state index in [9.17, 15) is 18.3 Å². The maximum absolute atomic E-state index is 13.6. The highest BCUT2D eigenvalue weighted by atomic mass is 32.2. The molecule has 32 heavy (non-hydrogen) atoms. The Morgan fingerprint density at radius 3 is 2.72 bits per heavy atom. The second kappa shape index (κ2) is 9.28. The van der Waals surface area contributed by atoms with Crippen molar-refractivity contribution < 1.29 is 27.8 Å². The lowest BCUT2D eigenvalue weighted by Crippen LogP contribution is -2.42. The first-order chi connectivity index (χ1) is 15.4. The number of ether oxygens (including phenoxy) is 2. The number of nitrogens with one attached hydrogen (secondary N) is 1. The maximum Gasteiger partial charge on any atom is 0.337 e. The number of esters is 1. The molecule has 1 aliphatic rings. The number of phenolic OH excluding ortho intramolecular Hbond substituents is 1. The van der Waals surface area contributed by atoms with E-state index in [1.165, 1.54) is 13.2 Å². The molecule has 4 rings (SSSR count). The number of hydrogen-bond donors (Lipinski definition) is 2. The number of aromatic hydroxyl groups is 1. The molecule has 1 fully saturated rings. The Bertz CT molecular complexity index is 1230. The van der Waals surface area contributed by atoms with Gasteiger partial charge in [0.15, 0.2) is 5.44 Å². The van der Waals surface area contributed by atoms with E-state index < -0.39 is 21.2 Å². The molecule has 0 saturated carbocycles. The van der Waals surface area contributed by atoms with E-state index in [1.54, 1.807) is 54.6 Å². The molecule has 168 valence electrons. The van der Waals surface area contributed by atoms with Crippen molar-refractivity contribution in [3.05, 3.63) is 71.8 Å². The van der Waals surface area contributed by atoms with Crippen LogP contribution < -0.4 is 5.32 Å².